The number of hydrogen-bond donors (Lipinski definition) is 0. The number of thiazole rings is 1. The zero-order valence-electron chi connectivity index (χ0n) is 11.9. The third-order valence-corrected chi connectivity index (χ3v) is 4.58. The number of nitro groups is 1. The van der Waals surface area contributed by atoms with E-state index in [0.29, 0.717) is 19.7 Å². The molecule has 0 unspecified atom stereocenters. The molecule has 0 radical (unpaired) electrons. The number of rotatable bonds is 3. The summed E-state index contributed by atoms with van der Waals surface area (Å²) >= 11 is 4.27. The van der Waals surface area contributed by atoms with E-state index in [1.54, 1.807) is 16.7 Å². The van der Waals surface area contributed by atoms with E-state index in [1.165, 1.54) is 18.2 Å². The number of hydrogen-bond acceptors (Lipinski definition) is 5. The van der Waals surface area contributed by atoms with Crippen molar-refractivity contribution in [2.75, 3.05) is 0 Å². The van der Waals surface area contributed by atoms with Crippen LogP contribution in [0, 0.1) is 22.5 Å². The number of carbonyl (C=O) groups is 1. The van der Waals surface area contributed by atoms with Crippen molar-refractivity contribution in [2.24, 2.45) is 4.99 Å². The minimum atomic E-state index is -0.562. The topological polar surface area (TPSA) is 90.6 Å². The lowest BCUT2D eigenvalue weighted by molar-refractivity contribution is -0.384. The normalized spacial score (nSPS) is 11.6. The van der Waals surface area contributed by atoms with E-state index in [4.69, 9.17) is 10.8 Å². The molecule has 0 N–H and O–H groups in total. The van der Waals surface area contributed by atoms with E-state index in [2.05, 4.69) is 26.8 Å². The Kier molecular flexibility index (Phi) is 4.33. The number of fused-ring (bicyclic) bond motifs is 1. The Morgan fingerprint density at radius 3 is 2.88 bits per heavy atom. The maximum absolute atomic E-state index is 12.2. The van der Waals surface area contributed by atoms with Gasteiger partial charge in [0.2, 0.25) is 0 Å². The third-order valence-electron chi connectivity index (χ3n) is 3.11. The van der Waals surface area contributed by atoms with Crippen LogP contribution >= 0.6 is 27.3 Å². The first-order valence-corrected chi connectivity index (χ1v) is 8.16. The van der Waals surface area contributed by atoms with Crippen LogP contribution < -0.4 is 4.80 Å². The van der Waals surface area contributed by atoms with Gasteiger partial charge in [0, 0.05) is 12.1 Å². The molecule has 3 rings (SSSR count). The summed E-state index contributed by atoms with van der Waals surface area (Å²) < 4.78 is 7.87. The van der Waals surface area contributed by atoms with E-state index < -0.39 is 10.8 Å². The maximum atomic E-state index is 12.2. The fourth-order valence-electron chi connectivity index (χ4n) is 2.08. The molecule has 0 bridgehead atoms. The van der Waals surface area contributed by atoms with Crippen LogP contribution in [-0.4, -0.2) is 15.4 Å². The Morgan fingerprint density at radius 2 is 2.25 bits per heavy atom. The second-order valence-electron chi connectivity index (χ2n) is 4.60. The van der Waals surface area contributed by atoms with Gasteiger partial charge in [-0.25, -0.2) is 0 Å². The van der Waals surface area contributed by atoms with Crippen LogP contribution in [0.5, 0.6) is 0 Å². The van der Waals surface area contributed by atoms with Gasteiger partial charge in [-0.1, -0.05) is 17.3 Å². The summed E-state index contributed by atoms with van der Waals surface area (Å²) in [7, 11) is 0. The van der Waals surface area contributed by atoms with Gasteiger partial charge in [0.15, 0.2) is 15.2 Å². The van der Waals surface area contributed by atoms with Crippen molar-refractivity contribution >= 4 is 49.1 Å². The molecule has 7 nitrogen and oxygen atoms in total. The number of nitro benzene ring substituents is 1. The summed E-state index contributed by atoms with van der Waals surface area (Å²) in [6.07, 6.45) is 5.38. The predicted octanol–water partition coefficient (Wildman–Crippen LogP) is 3.34. The summed E-state index contributed by atoms with van der Waals surface area (Å²) in [5.74, 6) is 2.01. The van der Waals surface area contributed by atoms with Gasteiger partial charge in [-0.15, -0.1) is 6.42 Å². The van der Waals surface area contributed by atoms with Crippen molar-refractivity contribution in [1.82, 2.24) is 4.57 Å². The average molecular weight is 406 g/mol. The molecule has 0 aliphatic rings. The number of benzene rings is 1. The molecule has 2 heterocycles. The van der Waals surface area contributed by atoms with Crippen molar-refractivity contribution in [2.45, 2.75) is 6.54 Å². The second-order valence-corrected chi connectivity index (χ2v) is 6.40. The number of aromatic nitrogens is 1. The summed E-state index contributed by atoms with van der Waals surface area (Å²) in [6.45, 7) is 0.186. The second kappa shape index (κ2) is 6.43. The van der Waals surface area contributed by atoms with Crippen LogP contribution in [0.25, 0.3) is 10.2 Å². The highest BCUT2D eigenvalue weighted by Crippen LogP contribution is 2.23. The molecule has 0 aliphatic carbocycles. The molecule has 0 spiro atoms. The van der Waals surface area contributed by atoms with Gasteiger partial charge in [0.1, 0.15) is 0 Å². The Balaban J connectivity index is 2.17. The first kappa shape index (κ1) is 16.2. The highest BCUT2D eigenvalue weighted by molar-refractivity contribution is 9.10. The number of terminal acetylenes is 1. The Labute approximate surface area is 147 Å². The minimum Gasteiger partial charge on any atom is -0.444 e. The highest BCUT2D eigenvalue weighted by Gasteiger charge is 2.14. The number of carbonyl (C=O) groups excluding carboxylic acids is 1. The first-order chi connectivity index (χ1) is 11.5. The Hall–Kier alpha value is -2.70. The van der Waals surface area contributed by atoms with Gasteiger partial charge < -0.3 is 8.98 Å². The monoisotopic (exact) mass is 405 g/mol. The SMILES string of the molecule is C#CCn1c(=NC(=O)c2ccc(Br)o2)sc2cc([N+](=O)[O-])ccc21. The van der Waals surface area contributed by atoms with E-state index in [0.717, 1.165) is 11.3 Å². The molecular weight excluding hydrogens is 398 g/mol. The first-order valence-electron chi connectivity index (χ1n) is 6.55. The molecule has 9 heteroatoms. The summed E-state index contributed by atoms with van der Waals surface area (Å²) in [5, 5.41) is 10.9. The zero-order chi connectivity index (χ0) is 17.3. The van der Waals surface area contributed by atoms with Gasteiger partial charge in [-0.05, 0) is 34.1 Å². The van der Waals surface area contributed by atoms with E-state index in [9.17, 15) is 14.9 Å². The quantitative estimate of drug-likeness (QED) is 0.379. The number of halogens is 1. The predicted molar refractivity (Wildman–Crippen MR) is 91.6 cm³/mol. The molecule has 0 saturated heterocycles. The number of nitrogens with zero attached hydrogens (tertiary/aromatic N) is 3. The van der Waals surface area contributed by atoms with Crippen LogP contribution in [0.15, 0.2) is 44.4 Å². The van der Waals surface area contributed by atoms with Crippen molar-refractivity contribution in [3.63, 3.8) is 0 Å². The number of non-ortho nitro benzene ring substituents is 1. The van der Waals surface area contributed by atoms with Crippen molar-refractivity contribution in [1.29, 1.82) is 0 Å². The largest absolute Gasteiger partial charge is 0.444 e. The molecule has 24 heavy (non-hydrogen) atoms. The molecule has 0 fully saturated rings. The van der Waals surface area contributed by atoms with Gasteiger partial charge in [0.05, 0.1) is 21.7 Å². The van der Waals surface area contributed by atoms with Crippen LogP contribution in [0.4, 0.5) is 5.69 Å². The smallest absolute Gasteiger partial charge is 0.315 e. The molecule has 0 atom stereocenters. The molecule has 3 aromatic rings. The molecule has 120 valence electrons. The zero-order valence-corrected chi connectivity index (χ0v) is 14.3. The number of furan rings is 1. The molecule has 1 amide bonds. The van der Waals surface area contributed by atoms with Crippen LogP contribution in [0.1, 0.15) is 10.6 Å². The molecule has 1 aromatic carbocycles. The summed E-state index contributed by atoms with van der Waals surface area (Å²) in [6, 6.07) is 7.50. The summed E-state index contributed by atoms with van der Waals surface area (Å²) in [5.41, 5.74) is 0.639. The van der Waals surface area contributed by atoms with Crippen molar-refractivity contribution < 1.29 is 14.1 Å². The van der Waals surface area contributed by atoms with Gasteiger partial charge in [0.25, 0.3) is 5.69 Å². The van der Waals surface area contributed by atoms with Gasteiger partial charge >= 0.3 is 5.91 Å². The Bertz CT molecular complexity index is 1070. The van der Waals surface area contributed by atoms with Crippen molar-refractivity contribution in [3.05, 3.63) is 55.7 Å². The highest BCUT2D eigenvalue weighted by atomic mass is 79.9. The van der Waals surface area contributed by atoms with E-state index >= 15 is 0 Å². The average Bonchev–Trinajstić information content (AvgIpc) is 3.11. The molecule has 0 aliphatic heterocycles. The minimum absolute atomic E-state index is 0.0375. The van der Waals surface area contributed by atoms with E-state index in [-0.39, 0.29) is 18.0 Å². The van der Waals surface area contributed by atoms with Crippen LogP contribution in [0.3, 0.4) is 0 Å². The lowest BCUT2D eigenvalue weighted by atomic mass is 10.3. The summed E-state index contributed by atoms with van der Waals surface area (Å²) in [4.78, 5) is 27.0. The van der Waals surface area contributed by atoms with E-state index in [1.807, 2.05) is 0 Å². The standard InChI is InChI=1S/C15H8BrN3O4S/c1-2-7-18-10-4-3-9(19(21)22)8-12(10)24-15(18)17-14(20)11-5-6-13(16)23-11/h1,3-6,8H,7H2. The number of amides is 1. The fourth-order valence-corrected chi connectivity index (χ4v) is 3.44. The molecule has 0 saturated carbocycles. The third kappa shape index (κ3) is 3.02. The van der Waals surface area contributed by atoms with Crippen molar-refractivity contribution in [3.8, 4) is 12.3 Å². The molecule has 2 aromatic heterocycles. The lowest BCUT2D eigenvalue weighted by Crippen LogP contribution is -2.16. The van der Waals surface area contributed by atoms with Crippen LogP contribution in [0.2, 0.25) is 0 Å². The van der Waals surface area contributed by atoms with Gasteiger partial charge in [-0.2, -0.15) is 4.99 Å². The van der Waals surface area contributed by atoms with Gasteiger partial charge in [-0.3, -0.25) is 14.9 Å². The van der Waals surface area contributed by atoms with Crippen LogP contribution in [-0.2, 0) is 6.54 Å². The lowest BCUT2D eigenvalue weighted by Gasteiger charge is -1.99. The maximum Gasteiger partial charge on any atom is 0.315 e. The Morgan fingerprint density at radius 1 is 1.46 bits per heavy atom. The fraction of sp³-hybridized carbons (Fsp3) is 0.0667. The molecular formula is C15H8BrN3O4S.